The molecular formula is C33H45N11O6S. The SMILES string of the molecule is NC(N)=NCCC[C@H](NC(=O)[C@H](Cc1ccccc1)NC(=O)[C@H](CCC(=O)O)NC(=O)[C@@H](N)CCCN=C(N)N)C(=O)c1nc2ccccc2s1. The lowest BCUT2D eigenvalue weighted by Gasteiger charge is -2.25. The van der Waals surface area contributed by atoms with Crippen LogP contribution in [0, 0.1) is 0 Å². The number of carboxylic acids is 1. The van der Waals surface area contributed by atoms with Gasteiger partial charge < -0.3 is 49.7 Å². The second-order valence-electron chi connectivity index (χ2n) is 11.7. The van der Waals surface area contributed by atoms with Gasteiger partial charge in [0.2, 0.25) is 23.5 Å². The highest BCUT2D eigenvalue weighted by molar-refractivity contribution is 7.20. The largest absolute Gasteiger partial charge is 0.481 e. The number of aliphatic carboxylic acids is 1. The van der Waals surface area contributed by atoms with E-state index < -0.39 is 60.1 Å². The molecule has 17 nitrogen and oxygen atoms in total. The standard InChI is InChI=1S/C33H45N11O6S/c34-20(10-6-16-39-32(35)36)28(48)42-23(14-15-26(45)46)29(49)43-24(18-19-8-2-1-3-9-19)30(50)41-22(12-7-17-40-33(37)38)27(47)31-44-21-11-4-5-13-25(21)51-31/h1-5,8-9,11,13,20,22-24H,6-7,10,12,14-18,34H2,(H,41,50)(H,42,48)(H,43,49)(H,45,46)(H4,35,36,39)(H4,37,38,40)/t20-,22-,23-,24-/m0/s1. The summed E-state index contributed by atoms with van der Waals surface area (Å²) in [5, 5.41) is 17.5. The highest BCUT2D eigenvalue weighted by atomic mass is 32.1. The van der Waals surface area contributed by atoms with Gasteiger partial charge in [0.1, 0.15) is 12.1 Å². The lowest BCUT2D eigenvalue weighted by molar-refractivity contribution is -0.138. The zero-order valence-corrected chi connectivity index (χ0v) is 28.8. The van der Waals surface area contributed by atoms with Crippen LogP contribution in [-0.2, 0) is 25.6 Å². The summed E-state index contributed by atoms with van der Waals surface area (Å²) in [5.41, 5.74) is 28.9. The predicted molar refractivity (Wildman–Crippen MR) is 195 cm³/mol. The number of carboxylic acid groups (broad SMARTS) is 1. The molecule has 0 bridgehead atoms. The smallest absolute Gasteiger partial charge is 0.303 e. The van der Waals surface area contributed by atoms with E-state index in [0.29, 0.717) is 23.9 Å². The van der Waals surface area contributed by atoms with Crippen LogP contribution in [0.5, 0.6) is 0 Å². The van der Waals surface area contributed by atoms with Crippen molar-refractivity contribution < 1.29 is 29.1 Å². The van der Waals surface area contributed by atoms with Crippen LogP contribution < -0.4 is 44.6 Å². The third kappa shape index (κ3) is 13.7. The van der Waals surface area contributed by atoms with Gasteiger partial charge in [-0.05, 0) is 49.8 Å². The van der Waals surface area contributed by atoms with E-state index in [0.717, 1.165) is 4.70 Å². The lowest BCUT2D eigenvalue weighted by Crippen LogP contribution is -2.57. The summed E-state index contributed by atoms with van der Waals surface area (Å²) in [6.07, 6.45) is 0.326. The number of thiazole rings is 1. The molecule has 18 heteroatoms. The number of hydrogen-bond donors (Lipinski definition) is 9. The average Bonchev–Trinajstić information content (AvgIpc) is 3.53. The summed E-state index contributed by atoms with van der Waals surface area (Å²) in [4.78, 5) is 78.0. The fraction of sp³-hybridized carbons (Fsp3) is 0.394. The Balaban J connectivity index is 1.84. The number of guanidine groups is 2. The summed E-state index contributed by atoms with van der Waals surface area (Å²) in [7, 11) is 0. The number of para-hydroxylation sites is 1. The quantitative estimate of drug-likeness (QED) is 0.0290. The van der Waals surface area contributed by atoms with Gasteiger partial charge in [-0.15, -0.1) is 11.3 Å². The lowest BCUT2D eigenvalue weighted by atomic mass is 10.0. The molecular weight excluding hydrogens is 679 g/mol. The first kappa shape index (κ1) is 39.8. The first-order valence-corrected chi connectivity index (χ1v) is 17.1. The van der Waals surface area contributed by atoms with Crippen molar-refractivity contribution in [3.05, 3.63) is 65.2 Å². The predicted octanol–water partition coefficient (Wildman–Crippen LogP) is -0.525. The third-order valence-corrected chi connectivity index (χ3v) is 8.63. The van der Waals surface area contributed by atoms with Crippen molar-refractivity contribution in [1.29, 1.82) is 0 Å². The van der Waals surface area contributed by atoms with Gasteiger partial charge in [0, 0.05) is 25.9 Å². The summed E-state index contributed by atoms with van der Waals surface area (Å²) >= 11 is 1.19. The average molecular weight is 724 g/mol. The number of aromatic nitrogens is 1. The van der Waals surface area contributed by atoms with Crippen molar-refractivity contribution in [2.24, 2.45) is 38.7 Å². The van der Waals surface area contributed by atoms with Crippen LogP contribution in [0.25, 0.3) is 10.2 Å². The van der Waals surface area contributed by atoms with E-state index in [9.17, 15) is 29.1 Å². The maximum absolute atomic E-state index is 14.0. The molecule has 4 atom stereocenters. The Morgan fingerprint density at radius 3 is 1.92 bits per heavy atom. The highest BCUT2D eigenvalue weighted by Gasteiger charge is 2.32. The first-order valence-electron chi connectivity index (χ1n) is 16.3. The van der Waals surface area contributed by atoms with Crippen LogP contribution in [0.4, 0.5) is 0 Å². The van der Waals surface area contributed by atoms with Crippen LogP contribution in [0.15, 0.2) is 64.6 Å². The number of aliphatic imine (C=N–C) groups is 2. The first-order chi connectivity index (χ1) is 24.3. The molecule has 51 heavy (non-hydrogen) atoms. The number of ketones is 1. The molecule has 1 aromatic heterocycles. The summed E-state index contributed by atoms with van der Waals surface area (Å²) in [6, 6.07) is 11.4. The van der Waals surface area contributed by atoms with Gasteiger partial charge in [0.05, 0.1) is 22.3 Å². The van der Waals surface area contributed by atoms with Crippen molar-refractivity contribution >= 4 is 62.9 Å². The monoisotopic (exact) mass is 723 g/mol. The Morgan fingerprint density at radius 1 is 0.725 bits per heavy atom. The van der Waals surface area contributed by atoms with E-state index in [1.807, 2.05) is 12.1 Å². The van der Waals surface area contributed by atoms with Crippen molar-refractivity contribution in [3.8, 4) is 0 Å². The minimum atomic E-state index is -1.34. The molecule has 0 aliphatic rings. The fourth-order valence-electron chi connectivity index (χ4n) is 4.97. The molecule has 0 aliphatic carbocycles. The number of carbonyl (C=O) groups is 5. The van der Waals surface area contributed by atoms with Crippen LogP contribution >= 0.6 is 11.3 Å². The topological polar surface area (TPSA) is 309 Å². The van der Waals surface area contributed by atoms with Crippen molar-refractivity contribution in [2.45, 2.75) is 69.1 Å². The van der Waals surface area contributed by atoms with Crippen LogP contribution in [0.2, 0.25) is 0 Å². The number of rotatable bonds is 21. The number of fused-ring (bicyclic) bond motifs is 1. The molecule has 3 rings (SSSR count). The number of nitrogens with two attached hydrogens (primary N) is 5. The molecule has 0 saturated carbocycles. The molecule has 1 heterocycles. The Kier molecular flexibility index (Phi) is 15.7. The molecule has 0 saturated heterocycles. The number of amides is 3. The fourth-order valence-corrected chi connectivity index (χ4v) is 5.93. The molecule has 2 aromatic carbocycles. The van der Waals surface area contributed by atoms with E-state index in [1.165, 1.54) is 11.3 Å². The van der Waals surface area contributed by atoms with Gasteiger partial charge in [0.15, 0.2) is 16.9 Å². The summed E-state index contributed by atoms with van der Waals surface area (Å²) < 4.78 is 0.795. The number of nitrogens with zero attached hydrogens (tertiary/aromatic N) is 3. The van der Waals surface area contributed by atoms with Gasteiger partial charge in [-0.2, -0.15) is 0 Å². The minimum Gasteiger partial charge on any atom is -0.481 e. The molecule has 0 unspecified atom stereocenters. The van der Waals surface area contributed by atoms with Gasteiger partial charge in [-0.25, -0.2) is 4.98 Å². The molecule has 0 spiro atoms. The molecule has 0 fully saturated rings. The minimum absolute atomic E-state index is 0.0123. The van der Waals surface area contributed by atoms with E-state index in [4.69, 9.17) is 28.7 Å². The van der Waals surface area contributed by atoms with E-state index in [-0.39, 0.29) is 55.7 Å². The molecule has 3 amide bonds. The number of Topliss-reactive ketones (excluding diaryl/α,β-unsaturated/α-hetero) is 1. The Bertz CT molecular complexity index is 1670. The van der Waals surface area contributed by atoms with Gasteiger partial charge in [-0.3, -0.25) is 34.0 Å². The Hall–Kier alpha value is -5.62. The Labute approximate surface area is 298 Å². The van der Waals surface area contributed by atoms with E-state index in [2.05, 4.69) is 30.9 Å². The normalized spacial score (nSPS) is 13.2. The molecule has 0 aliphatic heterocycles. The van der Waals surface area contributed by atoms with Crippen LogP contribution in [-0.4, -0.2) is 88.7 Å². The number of hydrogen-bond acceptors (Lipinski definition) is 10. The second-order valence-corrected chi connectivity index (χ2v) is 12.7. The van der Waals surface area contributed by atoms with E-state index in [1.54, 1.807) is 42.5 Å². The number of nitrogens with one attached hydrogen (secondary N) is 3. The zero-order chi connectivity index (χ0) is 37.3. The van der Waals surface area contributed by atoms with E-state index >= 15 is 0 Å². The highest BCUT2D eigenvalue weighted by Crippen LogP contribution is 2.23. The summed E-state index contributed by atoms with van der Waals surface area (Å²) in [6.45, 7) is 0.437. The van der Waals surface area contributed by atoms with Gasteiger partial charge >= 0.3 is 5.97 Å². The summed E-state index contributed by atoms with van der Waals surface area (Å²) in [5.74, 6) is -4.04. The second kappa shape index (κ2) is 20.1. The van der Waals surface area contributed by atoms with Crippen LogP contribution in [0.1, 0.15) is 53.9 Å². The maximum Gasteiger partial charge on any atom is 0.303 e. The van der Waals surface area contributed by atoms with Crippen molar-refractivity contribution in [3.63, 3.8) is 0 Å². The third-order valence-electron chi connectivity index (χ3n) is 7.58. The molecule has 0 radical (unpaired) electrons. The number of benzene rings is 2. The molecule has 3 aromatic rings. The zero-order valence-electron chi connectivity index (χ0n) is 28.0. The van der Waals surface area contributed by atoms with Crippen molar-refractivity contribution in [1.82, 2.24) is 20.9 Å². The Morgan fingerprint density at radius 2 is 1.29 bits per heavy atom. The number of carbonyl (C=O) groups excluding carboxylic acids is 4. The van der Waals surface area contributed by atoms with Gasteiger partial charge in [0.25, 0.3) is 0 Å². The van der Waals surface area contributed by atoms with Crippen LogP contribution in [0.3, 0.4) is 0 Å². The van der Waals surface area contributed by atoms with Gasteiger partial charge in [-0.1, -0.05) is 42.5 Å². The van der Waals surface area contributed by atoms with Crippen molar-refractivity contribution in [2.75, 3.05) is 13.1 Å². The molecule has 274 valence electrons. The maximum atomic E-state index is 14.0. The molecule has 14 N–H and O–H groups in total.